The Morgan fingerprint density at radius 1 is 1.50 bits per heavy atom. The SMILES string of the molecule is CC1COCCN1S(=O)(=O)c1ccc(C(=O)O)o1. The molecule has 18 heavy (non-hydrogen) atoms. The van der Waals surface area contributed by atoms with Gasteiger partial charge in [-0.1, -0.05) is 0 Å². The van der Waals surface area contributed by atoms with Gasteiger partial charge in [-0.2, -0.15) is 4.31 Å². The molecular formula is C10H13NO6S. The Balaban J connectivity index is 2.31. The molecule has 0 aliphatic carbocycles. The monoisotopic (exact) mass is 275 g/mol. The van der Waals surface area contributed by atoms with Crippen LogP contribution in [0.15, 0.2) is 21.6 Å². The van der Waals surface area contributed by atoms with Gasteiger partial charge in [0, 0.05) is 12.6 Å². The Hall–Kier alpha value is -1.38. The van der Waals surface area contributed by atoms with Crippen LogP contribution in [0.25, 0.3) is 0 Å². The van der Waals surface area contributed by atoms with Crippen molar-refractivity contribution in [3.63, 3.8) is 0 Å². The van der Waals surface area contributed by atoms with Gasteiger partial charge in [0.15, 0.2) is 0 Å². The number of aromatic carboxylic acids is 1. The van der Waals surface area contributed by atoms with Crippen molar-refractivity contribution in [1.29, 1.82) is 0 Å². The van der Waals surface area contributed by atoms with Crippen LogP contribution in [0, 0.1) is 0 Å². The second kappa shape index (κ2) is 4.71. The van der Waals surface area contributed by atoms with Crippen LogP contribution in [-0.2, 0) is 14.8 Å². The molecule has 0 radical (unpaired) electrons. The maximum Gasteiger partial charge on any atom is 0.371 e. The molecule has 1 atom stereocenters. The van der Waals surface area contributed by atoms with Crippen LogP contribution in [0.4, 0.5) is 0 Å². The molecule has 1 N–H and O–H groups in total. The number of morpholine rings is 1. The summed E-state index contributed by atoms with van der Waals surface area (Å²) >= 11 is 0. The second-order valence-electron chi connectivity index (χ2n) is 3.96. The summed E-state index contributed by atoms with van der Waals surface area (Å²) in [5, 5.41) is 8.35. The van der Waals surface area contributed by atoms with Gasteiger partial charge in [-0.25, -0.2) is 13.2 Å². The van der Waals surface area contributed by atoms with Crippen LogP contribution >= 0.6 is 0 Å². The fraction of sp³-hybridized carbons (Fsp3) is 0.500. The summed E-state index contributed by atoms with van der Waals surface area (Å²) in [5.41, 5.74) is 0. The molecule has 1 aromatic heterocycles. The van der Waals surface area contributed by atoms with Crippen molar-refractivity contribution in [2.24, 2.45) is 0 Å². The number of hydrogen-bond acceptors (Lipinski definition) is 5. The summed E-state index contributed by atoms with van der Waals surface area (Å²) in [6.07, 6.45) is 0. The number of furan rings is 1. The van der Waals surface area contributed by atoms with E-state index in [0.29, 0.717) is 13.2 Å². The highest BCUT2D eigenvalue weighted by Gasteiger charge is 2.34. The Morgan fingerprint density at radius 3 is 2.78 bits per heavy atom. The lowest BCUT2D eigenvalue weighted by Crippen LogP contribution is -2.46. The van der Waals surface area contributed by atoms with Gasteiger partial charge >= 0.3 is 5.97 Å². The number of sulfonamides is 1. The first kappa shape index (κ1) is 13.1. The first-order valence-electron chi connectivity index (χ1n) is 5.35. The Bertz CT molecular complexity index is 548. The lowest BCUT2D eigenvalue weighted by molar-refractivity contribution is 0.0385. The van der Waals surface area contributed by atoms with E-state index in [1.54, 1.807) is 6.92 Å². The Labute approximate surface area is 104 Å². The fourth-order valence-electron chi connectivity index (χ4n) is 1.76. The van der Waals surface area contributed by atoms with E-state index < -0.39 is 21.8 Å². The van der Waals surface area contributed by atoms with Crippen molar-refractivity contribution in [3.05, 3.63) is 17.9 Å². The van der Waals surface area contributed by atoms with Gasteiger partial charge in [-0.05, 0) is 19.1 Å². The third-order valence-corrected chi connectivity index (χ3v) is 4.55. The molecule has 8 heteroatoms. The number of carbonyl (C=O) groups is 1. The third-order valence-electron chi connectivity index (χ3n) is 2.66. The zero-order chi connectivity index (χ0) is 13.3. The Kier molecular flexibility index (Phi) is 3.42. The van der Waals surface area contributed by atoms with Gasteiger partial charge in [-0.3, -0.25) is 0 Å². The van der Waals surface area contributed by atoms with Crippen molar-refractivity contribution in [1.82, 2.24) is 4.31 Å². The topological polar surface area (TPSA) is 97.0 Å². The average molecular weight is 275 g/mol. The van der Waals surface area contributed by atoms with Gasteiger partial charge in [0.25, 0.3) is 10.0 Å². The molecule has 1 fully saturated rings. The summed E-state index contributed by atoms with van der Waals surface area (Å²) < 4.78 is 35.7. The molecule has 7 nitrogen and oxygen atoms in total. The van der Waals surface area contributed by atoms with Crippen LogP contribution in [0.3, 0.4) is 0 Å². The molecule has 1 unspecified atom stereocenters. The maximum atomic E-state index is 12.2. The van der Waals surface area contributed by atoms with Crippen molar-refractivity contribution >= 4 is 16.0 Å². The van der Waals surface area contributed by atoms with Gasteiger partial charge < -0.3 is 14.3 Å². The third kappa shape index (κ3) is 2.26. The molecule has 2 heterocycles. The zero-order valence-corrected chi connectivity index (χ0v) is 10.5. The van der Waals surface area contributed by atoms with E-state index in [9.17, 15) is 13.2 Å². The lowest BCUT2D eigenvalue weighted by atomic mass is 10.3. The van der Waals surface area contributed by atoms with E-state index >= 15 is 0 Å². The summed E-state index contributed by atoms with van der Waals surface area (Å²) in [5.74, 6) is -1.69. The lowest BCUT2D eigenvalue weighted by Gasteiger charge is -2.31. The number of nitrogens with zero attached hydrogens (tertiary/aromatic N) is 1. The normalized spacial score (nSPS) is 21.9. The Morgan fingerprint density at radius 2 is 2.22 bits per heavy atom. The minimum absolute atomic E-state index is 0.229. The molecule has 0 spiro atoms. The molecule has 1 aliphatic rings. The smallest absolute Gasteiger partial charge is 0.371 e. The highest BCUT2D eigenvalue weighted by Crippen LogP contribution is 2.22. The van der Waals surface area contributed by atoms with Gasteiger partial charge in [0.2, 0.25) is 10.9 Å². The molecular weight excluding hydrogens is 262 g/mol. The van der Waals surface area contributed by atoms with Crippen molar-refractivity contribution in [3.8, 4) is 0 Å². The van der Waals surface area contributed by atoms with E-state index in [2.05, 4.69) is 0 Å². The van der Waals surface area contributed by atoms with Gasteiger partial charge in [0.1, 0.15) is 0 Å². The first-order chi connectivity index (χ1) is 8.43. The van der Waals surface area contributed by atoms with Crippen LogP contribution in [0.5, 0.6) is 0 Å². The van der Waals surface area contributed by atoms with Crippen LogP contribution in [-0.4, -0.2) is 49.6 Å². The average Bonchev–Trinajstić information content (AvgIpc) is 2.79. The summed E-state index contributed by atoms with van der Waals surface area (Å²) in [6, 6.07) is 1.98. The fourth-order valence-corrected chi connectivity index (χ4v) is 3.27. The van der Waals surface area contributed by atoms with Crippen molar-refractivity contribution < 1.29 is 27.5 Å². The van der Waals surface area contributed by atoms with Crippen LogP contribution in [0.2, 0.25) is 0 Å². The number of carboxylic acid groups (broad SMARTS) is 1. The highest BCUT2D eigenvalue weighted by molar-refractivity contribution is 7.89. The number of hydrogen-bond donors (Lipinski definition) is 1. The van der Waals surface area contributed by atoms with Gasteiger partial charge in [0.05, 0.1) is 13.2 Å². The number of ether oxygens (including phenoxy) is 1. The first-order valence-corrected chi connectivity index (χ1v) is 6.79. The van der Waals surface area contributed by atoms with Crippen LogP contribution < -0.4 is 0 Å². The van der Waals surface area contributed by atoms with E-state index in [0.717, 1.165) is 12.1 Å². The minimum Gasteiger partial charge on any atom is -0.475 e. The maximum absolute atomic E-state index is 12.2. The molecule has 0 amide bonds. The zero-order valence-electron chi connectivity index (χ0n) is 9.70. The largest absolute Gasteiger partial charge is 0.475 e. The van der Waals surface area contributed by atoms with E-state index in [1.807, 2.05) is 0 Å². The van der Waals surface area contributed by atoms with Gasteiger partial charge in [-0.15, -0.1) is 0 Å². The summed E-state index contributed by atoms with van der Waals surface area (Å²) in [7, 11) is -3.80. The second-order valence-corrected chi connectivity index (χ2v) is 5.79. The molecule has 1 aliphatic heterocycles. The standard InChI is InChI=1S/C10H13NO6S/c1-7-6-16-5-4-11(7)18(14,15)9-3-2-8(17-9)10(12)13/h2-3,7H,4-6H2,1H3,(H,12,13). The summed E-state index contributed by atoms with van der Waals surface area (Å²) in [6.45, 7) is 2.58. The molecule has 100 valence electrons. The minimum atomic E-state index is -3.80. The van der Waals surface area contributed by atoms with E-state index in [4.69, 9.17) is 14.3 Å². The van der Waals surface area contributed by atoms with Crippen molar-refractivity contribution in [2.45, 2.75) is 18.1 Å². The molecule has 1 aromatic rings. The molecule has 0 aromatic carbocycles. The molecule has 2 rings (SSSR count). The van der Waals surface area contributed by atoms with Crippen molar-refractivity contribution in [2.75, 3.05) is 19.8 Å². The predicted molar refractivity (Wildman–Crippen MR) is 59.8 cm³/mol. The number of carboxylic acids is 1. The highest BCUT2D eigenvalue weighted by atomic mass is 32.2. The predicted octanol–water partition coefficient (Wildman–Crippen LogP) is 0.387. The molecule has 0 saturated carbocycles. The quantitative estimate of drug-likeness (QED) is 0.857. The molecule has 1 saturated heterocycles. The van der Waals surface area contributed by atoms with E-state index in [1.165, 1.54) is 4.31 Å². The van der Waals surface area contributed by atoms with Crippen LogP contribution in [0.1, 0.15) is 17.5 Å². The van der Waals surface area contributed by atoms with E-state index in [-0.39, 0.29) is 17.7 Å². The summed E-state index contributed by atoms with van der Waals surface area (Å²) in [4.78, 5) is 10.7. The number of rotatable bonds is 3. The molecule has 0 bridgehead atoms.